The topological polar surface area (TPSA) is 58.6 Å². The van der Waals surface area contributed by atoms with Crippen LogP contribution in [0.1, 0.15) is 13.3 Å². The van der Waals surface area contributed by atoms with Gasteiger partial charge in [-0.15, -0.1) is 6.42 Å². The smallest absolute Gasteiger partial charge is 0.308 e. The number of hydrogen-bond acceptors (Lipinski definition) is 4. The molecule has 13 heavy (non-hydrogen) atoms. The van der Waals surface area contributed by atoms with Gasteiger partial charge in [-0.05, 0) is 6.92 Å². The Hall–Kier alpha value is -1.05. The van der Waals surface area contributed by atoms with Gasteiger partial charge in [0.05, 0.1) is 25.7 Å². The molecule has 0 saturated heterocycles. The average Bonchev–Trinajstić information content (AvgIpc) is 2.05. The van der Waals surface area contributed by atoms with Crippen LogP contribution in [0.25, 0.3) is 0 Å². The number of terminal acetylenes is 1. The van der Waals surface area contributed by atoms with Crippen molar-refractivity contribution < 1.29 is 14.6 Å². The van der Waals surface area contributed by atoms with Gasteiger partial charge in [0, 0.05) is 6.54 Å². The minimum absolute atomic E-state index is 0.00537. The molecule has 0 rings (SSSR count). The van der Waals surface area contributed by atoms with Crippen molar-refractivity contribution in [3.63, 3.8) is 0 Å². The zero-order valence-electron chi connectivity index (χ0n) is 7.75. The summed E-state index contributed by atoms with van der Waals surface area (Å²) >= 11 is 0. The molecule has 0 aliphatic heterocycles. The molecule has 0 saturated carbocycles. The first-order valence-corrected chi connectivity index (χ1v) is 4.18. The number of ether oxygens (including phenoxy) is 1. The molecule has 0 bridgehead atoms. The summed E-state index contributed by atoms with van der Waals surface area (Å²) in [7, 11) is 0. The second-order valence-corrected chi connectivity index (χ2v) is 2.50. The van der Waals surface area contributed by atoms with Gasteiger partial charge in [0.25, 0.3) is 0 Å². The molecular formula is C9H15NO3. The van der Waals surface area contributed by atoms with Crippen molar-refractivity contribution in [2.24, 2.45) is 0 Å². The van der Waals surface area contributed by atoms with Crippen LogP contribution in [0, 0.1) is 12.3 Å². The highest BCUT2D eigenvalue weighted by molar-refractivity contribution is 5.69. The van der Waals surface area contributed by atoms with Gasteiger partial charge in [-0.2, -0.15) is 0 Å². The molecule has 0 amide bonds. The Morgan fingerprint density at radius 3 is 3.00 bits per heavy atom. The lowest BCUT2D eigenvalue weighted by atomic mass is 10.2. The first-order chi connectivity index (χ1) is 6.20. The summed E-state index contributed by atoms with van der Waals surface area (Å²) in [5.74, 6) is 1.97. The molecule has 0 radical (unpaired) electrons. The highest BCUT2D eigenvalue weighted by Crippen LogP contribution is 1.92. The Bertz CT molecular complexity index is 186. The third kappa shape index (κ3) is 7.32. The lowest BCUT2D eigenvalue weighted by Gasteiger charge is -2.09. The van der Waals surface area contributed by atoms with Crippen LogP contribution >= 0.6 is 0 Å². The van der Waals surface area contributed by atoms with Crippen LogP contribution in [0.15, 0.2) is 0 Å². The molecule has 1 unspecified atom stereocenters. The molecule has 0 aromatic rings. The number of nitrogens with one attached hydrogen (secondary N) is 1. The number of esters is 1. The molecular weight excluding hydrogens is 170 g/mol. The van der Waals surface area contributed by atoms with E-state index >= 15 is 0 Å². The number of rotatable bonds is 6. The van der Waals surface area contributed by atoms with E-state index in [-0.39, 0.29) is 6.42 Å². The Kier molecular flexibility index (Phi) is 6.98. The van der Waals surface area contributed by atoms with Crippen LogP contribution in [-0.2, 0) is 9.53 Å². The lowest BCUT2D eigenvalue weighted by Crippen LogP contribution is -2.29. The molecule has 0 spiro atoms. The SMILES string of the molecule is C#CCNCC(O)CC(=O)OCC. The Labute approximate surface area is 78.3 Å². The van der Waals surface area contributed by atoms with Crippen LogP contribution in [-0.4, -0.2) is 36.9 Å². The van der Waals surface area contributed by atoms with E-state index in [9.17, 15) is 9.90 Å². The summed E-state index contributed by atoms with van der Waals surface area (Å²) in [5.41, 5.74) is 0. The van der Waals surface area contributed by atoms with Crippen LogP contribution in [0.4, 0.5) is 0 Å². The van der Waals surface area contributed by atoms with E-state index in [2.05, 4.69) is 16.0 Å². The molecule has 0 fully saturated rings. The van der Waals surface area contributed by atoms with E-state index in [4.69, 9.17) is 6.42 Å². The molecule has 0 aromatic carbocycles. The van der Waals surface area contributed by atoms with E-state index in [1.54, 1.807) is 6.92 Å². The summed E-state index contributed by atoms with van der Waals surface area (Å²) in [6, 6.07) is 0. The number of carbonyl (C=O) groups is 1. The van der Waals surface area contributed by atoms with E-state index < -0.39 is 12.1 Å². The van der Waals surface area contributed by atoms with Gasteiger partial charge >= 0.3 is 5.97 Å². The molecule has 1 atom stereocenters. The lowest BCUT2D eigenvalue weighted by molar-refractivity contribution is -0.145. The van der Waals surface area contributed by atoms with Gasteiger partial charge in [-0.3, -0.25) is 4.79 Å². The number of aliphatic hydroxyl groups excluding tert-OH is 1. The zero-order valence-corrected chi connectivity index (χ0v) is 7.75. The zero-order chi connectivity index (χ0) is 10.1. The van der Waals surface area contributed by atoms with Crippen molar-refractivity contribution in [1.29, 1.82) is 0 Å². The molecule has 0 aliphatic carbocycles. The van der Waals surface area contributed by atoms with Crippen molar-refractivity contribution in [2.45, 2.75) is 19.4 Å². The predicted molar refractivity (Wildman–Crippen MR) is 49.0 cm³/mol. The molecule has 4 heteroatoms. The first kappa shape index (κ1) is 11.9. The highest BCUT2D eigenvalue weighted by atomic mass is 16.5. The predicted octanol–water partition coefficient (Wildman–Crippen LogP) is -0.477. The molecule has 2 N–H and O–H groups in total. The quantitative estimate of drug-likeness (QED) is 0.333. The van der Waals surface area contributed by atoms with Gasteiger partial charge in [-0.1, -0.05) is 5.92 Å². The van der Waals surface area contributed by atoms with Crippen molar-refractivity contribution in [3.05, 3.63) is 0 Å². The van der Waals surface area contributed by atoms with E-state index in [1.807, 2.05) is 0 Å². The maximum absolute atomic E-state index is 10.8. The van der Waals surface area contributed by atoms with E-state index in [1.165, 1.54) is 0 Å². The Morgan fingerprint density at radius 2 is 2.46 bits per heavy atom. The van der Waals surface area contributed by atoms with Crippen molar-refractivity contribution >= 4 is 5.97 Å². The monoisotopic (exact) mass is 185 g/mol. The van der Waals surface area contributed by atoms with Crippen molar-refractivity contribution in [1.82, 2.24) is 5.32 Å². The number of hydrogen-bond donors (Lipinski definition) is 2. The van der Waals surface area contributed by atoms with Gasteiger partial charge in [-0.25, -0.2) is 0 Å². The maximum Gasteiger partial charge on any atom is 0.308 e. The Morgan fingerprint density at radius 1 is 1.77 bits per heavy atom. The summed E-state index contributed by atoms with van der Waals surface area (Å²) in [4.78, 5) is 10.8. The summed E-state index contributed by atoms with van der Waals surface area (Å²) < 4.78 is 4.65. The van der Waals surface area contributed by atoms with Crippen molar-refractivity contribution in [3.8, 4) is 12.3 Å². The fraction of sp³-hybridized carbons (Fsp3) is 0.667. The van der Waals surface area contributed by atoms with Crippen LogP contribution in [0.5, 0.6) is 0 Å². The van der Waals surface area contributed by atoms with Gasteiger partial charge < -0.3 is 15.2 Å². The normalized spacial score (nSPS) is 11.8. The fourth-order valence-corrected chi connectivity index (χ4v) is 0.795. The van der Waals surface area contributed by atoms with Gasteiger partial charge in [0.15, 0.2) is 0 Å². The van der Waals surface area contributed by atoms with Crippen molar-refractivity contribution in [2.75, 3.05) is 19.7 Å². The van der Waals surface area contributed by atoms with Crippen LogP contribution < -0.4 is 5.32 Å². The summed E-state index contributed by atoms with van der Waals surface area (Å²) in [6.07, 6.45) is 4.25. The minimum atomic E-state index is -0.729. The minimum Gasteiger partial charge on any atom is -0.466 e. The standard InChI is InChI=1S/C9H15NO3/c1-3-5-10-7-8(11)6-9(12)13-4-2/h1,8,10-11H,4-7H2,2H3. The summed E-state index contributed by atoms with van der Waals surface area (Å²) in [5, 5.41) is 12.0. The third-order valence-electron chi connectivity index (χ3n) is 1.31. The molecule has 0 aliphatic rings. The molecule has 0 aromatic heterocycles. The van der Waals surface area contributed by atoms with Crippen LogP contribution in [0.3, 0.4) is 0 Å². The average molecular weight is 185 g/mol. The van der Waals surface area contributed by atoms with E-state index in [0.717, 1.165) is 0 Å². The second-order valence-electron chi connectivity index (χ2n) is 2.50. The molecule has 74 valence electrons. The number of aliphatic hydroxyl groups is 1. The van der Waals surface area contributed by atoms with Gasteiger partial charge in [0.2, 0.25) is 0 Å². The Balaban J connectivity index is 3.44. The number of carbonyl (C=O) groups excluding carboxylic acids is 1. The van der Waals surface area contributed by atoms with Crippen LogP contribution in [0.2, 0.25) is 0 Å². The second kappa shape index (κ2) is 7.59. The molecule has 4 nitrogen and oxygen atoms in total. The summed E-state index contributed by atoms with van der Waals surface area (Å²) in [6.45, 7) is 2.76. The van der Waals surface area contributed by atoms with E-state index in [0.29, 0.717) is 19.7 Å². The van der Waals surface area contributed by atoms with Gasteiger partial charge in [0.1, 0.15) is 0 Å². The first-order valence-electron chi connectivity index (χ1n) is 4.18. The maximum atomic E-state index is 10.8. The highest BCUT2D eigenvalue weighted by Gasteiger charge is 2.10. The molecule has 0 heterocycles. The fourth-order valence-electron chi connectivity index (χ4n) is 0.795. The largest absolute Gasteiger partial charge is 0.466 e. The third-order valence-corrected chi connectivity index (χ3v) is 1.31.